The number of para-hydroxylation sites is 1. The highest BCUT2D eigenvalue weighted by atomic mass is 16.5. The smallest absolute Gasteiger partial charge is 0.178 e. The molecule has 1 aliphatic heterocycles. The zero-order valence-corrected chi connectivity index (χ0v) is 11.8. The van der Waals surface area contributed by atoms with Crippen LogP contribution >= 0.6 is 0 Å². The van der Waals surface area contributed by atoms with Crippen molar-refractivity contribution < 1.29 is 9.26 Å². The third-order valence-electron chi connectivity index (χ3n) is 4.00. The first-order chi connectivity index (χ1) is 9.65. The molecule has 4 nitrogen and oxygen atoms in total. The molecular formula is C16H18N2O2. The van der Waals surface area contributed by atoms with Crippen LogP contribution < -0.4 is 10.1 Å². The molecule has 1 aromatic carbocycles. The molecule has 4 heteroatoms. The molecule has 0 amide bonds. The highest BCUT2D eigenvalue weighted by Crippen LogP contribution is 2.46. The lowest BCUT2D eigenvalue weighted by molar-refractivity contribution is 0.103. The summed E-state index contributed by atoms with van der Waals surface area (Å²) in [5, 5.41) is 7.77. The van der Waals surface area contributed by atoms with Gasteiger partial charge in [0.15, 0.2) is 5.76 Å². The van der Waals surface area contributed by atoms with Crippen LogP contribution in [0.15, 0.2) is 28.8 Å². The van der Waals surface area contributed by atoms with E-state index in [2.05, 4.69) is 24.3 Å². The number of ether oxygens (including phenoxy) is 1. The summed E-state index contributed by atoms with van der Waals surface area (Å²) in [4.78, 5) is 0. The molecule has 0 radical (unpaired) electrons. The lowest BCUT2D eigenvalue weighted by Crippen LogP contribution is -2.31. The summed E-state index contributed by atoms with van der Waals surface area (Å²) in [5.41, 5.74) is 2.62. The second-order valence-electron chi connectivity index (χ2n) is 6.10. The van der Waals surface area contributed by atoms with Gasteiger partial charge in [-0.05, 0) is 38.8 Å². The van der Waals surface area contributed by atoms with Gasteiger partial charge in [0.2, 0.25) is 0 Å². The molecule has 1 saturated carbocycles. The van der Waals surface area contributed by atoms with Crippen molar-refractivity contribution in [2.45, 2.75) is 44.9 Å². The lowest BCUT2D eigenvalue weighted by atomic mass is 9.89. The number of fused-ring (bicyclic) bond motifs is 3. The maximum atomic E-state index is 6.14. The highest BCUT2D eigenvalue weighted by molar-refractivity contribution is 5.72. The Morgan fingerprint density at radius 3 is 2.90 bits per heavy atom. The van der Waals surface area contributed by atoms with Crippen LogP contribution in [-0.2, 0) is 12.1 Å². The van der Waals surface area contributed by atoms with Gasteiger partial charge in [0.1, 0.15) is 17.0 Å². The standard InChI is InChI=1S/C16H18N2O2/c1-16(2)14-12(9-17-10-7-8-10)18-20-15(14)11-5-3-4-6-13(11)19-16/h3-6,10,17H,7-9H2,1-2H3. The summed E-state index contributed by atoms with van der Waals surface area (Å²) in [5.74, 6) is 1.72. The van der Waals surface area contributed by atoms with E-state index in [0.717, 1.165) is 34.9 Å². The monoisotopic (exact) mass is 270 g/mol. The van der Waals surface area contributed by atoms with Crippen molar-refractivity contribution in [1.29, 1.82) is 0 Å². The molecule has 1 aliphatic carbocycles. The average Bonchev–Trinajstić information content (AvgIpc) is 3.14. The van der Waals surface area contributed by atoms with Crippen molar-refractivity contribution in [3.8, 4) is 17.1 Å². The predicted octanol–water partition coefficient (Wildman–Crippen LogP) is 3.22. The quantitative estimate of drug-likeness (QED) is 0.930. The van der Waals surface area contributed by atoms with Crippen molar-refractivity contribution in [3.05, 3.63) is 35.5 Å². The van der Waals surface area contributed by atoms with E-state index >= 15 is 0 Å². The van der Waals surface area contributed by atoms with Gasteiger partial charge in [-0.1, -0.05) is 17.3 Å². The van der Waals surface area contributed by atoms with Crippen LogP contribution in [0.5, 0.6) is 5.75 Å². The number of rotatable bonds is 3. The Balaban J connectivity index is 1.78. The van der Waals surface area contributed by atoms with Gasteiger partial charge in [-0.15, -0.1) is 0 Å². The van der Waals surface area contributed by atoms with E-state index < -0.39 is 5.60 Å². The maximum absolute atomic E-state index is 6.14. The lowest BCUT2D eigenvalue weighted by Gasteiger charge is -2.32. The van der Waals surface area contributed by atoms with Gasteiger partial charge in [-0.3, -0.25) is 0 Å². The maximum Gasteiger partial charge on any atom is 0.178 e. The minimum atomic E-state index is -0.412. The Morgan fingerprint density at radius 2 is 2.10 bits per heavy atom. The first kappa shape index (κ1) is 12.0. The molecule has 0 atom stereocenters. The van der Waals surface area contributed by atoms with Crippen molar-refractivity contribution in [3.63, 3.8) is 0 Å². The third-order valence-corrected chi connectivity index (χ3v) is 4.00. The van der Waals surface area contributed by atoms with Crippen LogP contribution in [0.2, 0.25) is 0 Å². The largest absolute Gasteiger partial charge is 0.482 e. The number of hydrogen-bond donors (Lipinski definition) is 1. The van der Waals surface area contributed by atoms with E-state index in [1.54, 1.807) is 0 Å². The highest BCUT2D eigenvalue weighted by Gasteiger charge is 2.39. The Hall–Kier alpha value is -1.81. The molecular weight excluding hydrogens is 252 g/mol. The van der Waals surface area contributed by atoms with Gasteiger partial charge >= 0.3 is 0 Å². The average molecular weight is 270 g/mol. The van der Waals surface area contributed by atoms with Crippen molar-refractivity contribution in [2.24, 2.45) is 0 Å². The van der Waals surface area contributed by atoms with Gasteiger partial charge in [0.25, 0.3) is 0 Å². The van der Waals surface area contributed by atoms with Crippen LogP contribution in [0, 0.1) is 0 Å². The normalized spacial score (nSPS) is 19.1. The first-order valence-corrected chi connectivity index (χ1v) is 7.16. The Labute approximate surface area is 118 Å². The molecule has 0 bridgehead atoms. The molecule has 1 aromatic heterocycles. The minimum absolute atomic E-state index is 0.412. The number of benzene rings is 1. The molecule has 0 unspecified atom stereocenters. The molecule has 20 heavy (non-hydrogen) atoms. The summed E-state index contributed by atoms with van der Waals surface area (Å²) >= 11 is 0. The molecule has 1 N–H and O–H groups in total. The molecule has 2 heterocycles. The fraction of sp³-hybridized carbons (Fsp3) is 0.438. The van der Waals surface area contributed by atoms with Crippen molar-refractivity contribution in [1.82, 2.24) is 10.5 Å². The van der Waals surface area contributed by atoms with Gasteiger partial charge in [0.05, 0.1) is 11.1 Å². The summed E-state index contributed by atoms with van der Waals surface area (Å²) in [6.45, 7) is 4.89. The molecule has 2 aromatic rings. The fourth-order valence-corrected chi connectivity index (χ4v) is 2.85. The molecule has 2 aliphatic rings. The van der Waals surface area contributed by atoms with E-state index in [1.165, 1.54) is 12.8 Å². The predicted molar refractivity (Wildman–Crippen MR) is 75.5 cm³/mol. The van der Waals surface area contributed by atoms with Crippen LogP contribution in [0.1, 0.15) is 37.9 Å². The molecule has 0 saturated heterocycles. The van der Waals surface area contributed by atoms with E-state index in [1.807, 2.05) is 24.3 Å². The van der Waals surface area contributed by atoms with Crippen molar-refractivity contribution in [2.75, 3.05) is 0 Å². The van der Waals surface area contributed by atoms with Crippen LogP contribution in [-0.4, -0.2) is 11.2 Å². The summed E-state index contributed by atoms with van der Waals surface area (Å²) < 4.78 is 11.8. The SMILES string of the molecule is CC1(C)Oc2ccccc2-c2onc(CNC3CC3)c21. The number of nitrogens with zero attached hydrogens (tertiary/aromatic N) is 1. The summed E-state index contributed by atoms with van der Waals surface area (Å²) in [6.07, 6.45) is 2.53. The van der Waals surface area contributed by atoms with E-state index in [4.69, 9.17) is 9.26 Å². The van der Waals surface area contributed by atoms with Crippen LogP contribution in [0.25, 0.3) is 11.3 Å². The second kappa shape index (κ2) is 4.09. The molecule has 104 valence electrons. The van der Waals surface area contributed by atoms with Gasteiger partial charge in [-0.25, -0.2) is 0 Å². The number of hydrogen-bond acceptors (Lipinski definition) is 4. The third kappa shape index (κ3) is 1.83. The summed E-state index contributed by atoms with van der Waals surface area (Å²) in [6, 6.07) is 8.63. The van der Waals surface area contributed by atoms with E-state index in [9.17, 15) is 0 Å². The van der Waals surface area contributed by atoms with Crippen LogP contribution in [0.4, 0.5) is 0 Å². The van der Waals surface area contributed by atoms with E-state index in [-0.39, 0.29) is 0 Å². The number of nitrogens with one attached hydrogen (secondary N) is 1. The van der Waals surface area contributed by atoms with Gasteiger partial charge in [0, 0.05) is 12.6 Å². The number of aromatic nitrogens is 1. The Bertz CT molecular complexity index is 656. The van der Waals surface area contributed by atoms with Crippen molar-refractivity contribution >= 4 is 0 Å². The molecule has 0 spiro atoms. The summed E-state index contributed by atoms with van der Waals surface area (Å²) in [7, 11) is 0. The minimum Gasteiger partial charge on any atom is -0.482 e. The molecule has 4 rings (SSSR count). The van der Waals surface area contributed by atoms with E-state index in [0.29, 0.717) is 6.04 Å². The zero-order valence-electron chi connectivity index (χ0n) is 11.8. The Morgan fingerprint density at radius 1 is 1.30 bits per heavy atom. The topological polar surface area (TPSA) is 47.3 Å². The van der Waals surface area contributed by atoms with Gasteiger partial charge in [-0.2, -0.15) is 0 Å². The second-order valence-corrected chi connectivity index (χ2v) is 6.10. The Kier molecular flexibility index (Phi) is 2.45. The fourth-order valence-electron chi connectivity index (χ4n) is 2.85. The van der Waals surface area contributed by atoms with Crippen LogP contribution in [0.3, 0.4) is 0 Å². The zero-order chi connectivity index (χ0) is 13.7. The van der Waals surface area contributed by atoms with Gasteiger partial charge < -0.3 is 14.6 Å². The first-order valence-electron chi connectivity index (χ1n) is 7.16. The molecule has 1 fully saturated rings.